The molecule has 0 bridgehead atoms. The van der Waals surface area contributed by atoms with Gasteiger partial charge in [-0.3, -0.25) is 24.2 Å². The molecule has 42 heavy (non-hydrogen) atoms. The number of benzene rings is 2. The van der Waals surface area contributed by atoms with Crippen molar-refractivity contribution in [3.05, 3.63) is 83.4 Å². The van der Waals surface area contributed by atoms with E-state index >= 15 is 0 Å². The van der Waals surface area contributed by atoms with E-state index in [9.17, 15) is 19.5 Å². The van der Waals surface area contributed by atoms with Crippen molar-refractivity contribution >= 4 is 24.0 Å². The normalized spacial score (nSPS) is 28.3. The van der Waals surface area contributed by atoms with Gasteiger partial charge in [-0.1, -0.05) is 48.2 Å². The Morgan fingerprint density at radius 2 is 1.93 bits per heavy atom. The van der Waals surface area contributed by atoms with Gasteiger partial charge < -0.3 is 20.9 Å². The molecule has 2 heterocycles. The average molecular weight is 571 g/mol. The number of aliphatic imine (C=N–C) groups is 1. The maximum Gasteiger partial charge on any atom is 0.302 e. The molecular formula is C32H34N4O6. The van der Waals surface area contributed by atoms with Gasteiger partial charge in [-0.2, -0.15) is 5.06 Å². The topological polar surface area (TPSA) is 144 Å². The number of aliphatic hydroxyl groups is 1. The monoisotopic (exact) mass is 570 g/mol. The fourth-order valence-electron chi connectivity index (χ4n) is 5.94. The fourth-order valence-corrected chi connectivity index (χ4v) is 5.94. The van der Waals surface area contributed by atoms with Crippen molar-refractivity contribution < 1.29 is 29.1 Å². The number of rotatable bonds is 7. The van der Waals surface area contributed by atoms with Gasteiger partial charge in [-0.05, 0) is 35.9 Å². The number of hydrogen-bond donors (Lipinski definition) is 3. The second kappa shape index (κ2) is 12.7. The van der Waals surface area contributed by atoms with Gasteiger partial charge in [-0.15, -0.1) is 0 Å². The van der Waals surface area contributed by atoms with Crippen LogP contribution in [0.4, 0.5) is 0 Å². The van der Waals surface area contributed by atoms with Crippen LogP contribution in [0.25, 0.3) is 0 Å². The van der Waals surface area contributed by atoms with Gasteiger partial charge in [0, 0.05) is 56.1 Å². The van der Waals surface area contributed by atoms with Crippen LogP contribution in [-0.4, -0.2) is 71.1 Å². The van der Waals surface area contributed by atoms with Gasteiger partial charge in [0.2, 0.25) is 5.91 Å². The Balaban J connectivity index is 1.46. The number of dihydropyridines is 1. The number of carbonyl (C=O) groups is 3. The zero-order chi connectivity index (χ0) is 29.7. The molecule has 0 radical (unpaired) electrons. The van der Waals surface area contributed by atoms with E-state index in [4.69, 9.17) is 15.3 Å². The minimum Gasteiger partial charge on any atom is -0.462 e. The van der Waals surface area contributed by atoms with Crippen LogP contribution in [0.15, 0.2) is 71.7 Å². The maximum atomic E-state index is 13.9. The maximum absolute atomic E-state index is 13.9. The molecule has 1 unspecified atom stereocenters. The number of primary amides is 1. The number of nitrogens with two attached hydrogens (primary N) is 1. The third kappa shape index (κ3) is 6.44. The largest absolute Gasteiger partial charge is 0.462 e. The fraction of sp³-hybridized carbons (Fsp3) is 0.375. The Morgan fingerprint density at radius 3 is 2.64 bits per heavy atom. The molecule has 2 aliphatic heterocycles. The first-order chi connectivity index (χ1) is 20.2. The zero-order valence-corrected chi connectivity index (χ0v) is 23.3. The Kier molecular flexibility index (Phi) is 8.83. The molecule has 2 fully saturated rings. The quantitative estimate of drug-likeness (QED) is 0.338. The summed E-state index contributed by atoms with van der Waals surface area (Å²) in [6.07, 6.45) is 3.42. The first kappa shape index (κ1) is 29.2. The lowest BCUT2D eigenvalue weighted by molar-refractivity contribution is -0.227. The summed E-state index contributed by atoms with van der Waals surface area (Å²) in [5.41, 5.74) is 6.58. The molecule has 2 aromatic carbocycles. The van der Waals surface area contributed by atoms with Gasteiger partial charge in [0.1, 0.15) is 12.1 Å². The smallest absolute Gasteiger partial charge is 0.302 e. The van der Waals surface area contributed by atoms with Crippen molar-refractivity contribution in [3.8, 4) is 11.8 Å². The van der Waals surface area contributed by atoms with E-state index in [1.165, 1.54) is 12.0 Å². The van der Waals surface area contributed by atoms with E-state index in [2.05, 4.69) is 22.2 Å². The van der Waals surface area contributed by atoms with E-state index < -0.39 is 47.6 Å². The summed E-state index contributed by atoms with van der Waals surface area (Å²) in [5, 5.41) is 15.1. The lowest BCUT2D eigenvalue weighted by Crippen LogP contribution is -2.61. The number of carbonyl (C=O) groups excluding carboxylic acids is 3. The predicted molar refractivity (Wildman–Crippen MR) is 154 cm³/mol. The highest BCUT2D eigenvalue weighted by molar-refractivity contribution is 5.89. The lowest BCUT2D eigenvalue weighted by Gasteiger charge is -2.41. The molecule has 2 aromatic rings. The molecule has 1 aliphatic carbocycles. The second-order valence-electron chi connectivity index (χ2n) is 10.9. The van der Waals surface area contributed by atoms with Gasteiger partial charge >= 0.3 is 5.97 Å². The van der Waals surface area contributed by atoms with Crippen molar-refractivity contribution in [2.24, 2.45) is 22.6 Å². The lowest BCUT2D eigenvalue weighted by atomic mass is 9.69. The van der Waals surface area contributed by atoms with Crippen LogP contribution >= 0.6 is 0 Å². The van der Waals surface area contributed by atoms with Gasteiger partial charge in [0.05, 0.1) is 18.6 Å². The molecule has 1 saturated heterocycles. The average Bonchev–Trinajstić information content (AvgIpc) is 3.31. The van der Waals surface area contributed by atoms with Crippen molar-refractivity contribution in [2.45, 2.75) is 50.2 Å². The molecule has 4 N–H and O–H groups in total. The standard InChI is InChI=1S/C32H34N4O6/c1-21(37)41-27-16-26(38)17-32(31(33)40)28(27)29(30(39)35-19-25-11-6-14-34-18-25)36(42-32)20-24-10-5-9-23(15-24)13-12-22-7-3-2-4-8-22/h2-11,14-15,25-29,38H,16-20H2,1H3,(H2,33,40)(H,35,39)/t25-,26+,27+,28?,29-,32-/m0/s1. The molecule has 5 rings (SSSR count). The van der Waals surface area contributed by atoms with Crippen molar-refractivity contribution in [1.29, 1.82) is 0 Å². The molecule has 218 valence electrons. The molecular weight excluding hydrogens is 536 g/mol. The molecule has 0 spiro atoms. The first-order valence-electron chi connectivity index (χ1n) is 14.0. The van der Waals surface area contributed by atoms with E-state index in [1.54, 1.807) is 6.21 Å². The van der Waals surface area contributed by atoms with Crippen LogP contribution in [0, 0.1) is 23.7 Å². The van der Waals surface area contributed by atoms with Gasteiger partial charge in [0.15, 0.2) is 5.60 Å². The number of amides is 2. The van der Waals surface area contributed by atoms with Gasteiger partial charge in [-0.25, -0.2) is 0 Å². The van der Waals surface area contributed by atoms with Crippen molar-refractivity contribution in [3.63, 3.8) is 0 Å². The number of ether oxygens (including phenoxy) is 1. The molecule has 1 saturated carbocycles. The number of aliphatic hydroxyl groups excluding tert-OH is 1. The number of allylic oxidation sites excluding steroid dienone is 1. The molecule has 10 heteroatoms. The second-order valence-corrected chi connectivity index (χ2v) is 10.9. The first-order valence-corrected chi connectivity index (χ1v) is 14.0. The third-order valence-electron chi connectivity index (χ3n) is 7.76. The molecule has 2 amide bonds. The van der Waals surface area contributed by atoms with E-state index in [-0.39, 0.29) is 25.3 Å². The van der Waals surface area contributed by atoms with Crippen LogP contribution < -0.4 is 11.1 Å². The van der Waals surface area contributed by atoms with E-state index in [0.717, 1.165) is 16.7 Å². The number of nitrogens with zero attached hydrogens (tertiary/aromatic N) is 2. The Morgan fingerprint density at radius 1 is 1.17 bits per heavy atom. The highest BCUT2D eigenvalue weighted by Crippen LogP contribution is 2.48. The zero-order valence-electron chi connectivity index (χ0n) is 23.3. The summed E-state index contributed by atoms with van der Waals surface area (Å²) in [6, 6.07) is 16.1. The highest BCUT2D eigenvalue weighted by atomic mass is 16.7. The highest BCUT2D eigenvalue weighted by Gasteiger charge is 2.66. The number of esters is 1. The van der Waals surface area contributed by atoms with Crippen LogP contribution in [-0.2, 0) is 30.5 Å². The third-order valence-corrected chi connectivity index (χ3v) is 7.76. The van der Waals surface area contributed by atoms with Gasteiger partial charge in [0.25, 0.3) is 5.91 Å². The minimum absolute atomic E-state index is 0.00735. The summed E-state index contributed by atoms with van der Waals surface area (Å²) in [7, 11) is 0. The Hall–Kier alpha value is -4.30. The minimum atomic E-state index is -1.75. The van der Waals surface area contributed by atoms with E-state index in [1.807, 2.05) is 66.7 Å². The van der Waals surface area contributed by atoms with Crippen LogP contribution in [0.3, 0.4) is 0 Å². The number of hydroxylamine groups is 2. The summed E-state index contributed by atoms with van der Waals surface area (Å²) in [5.74, 6) is 3.52. The van der Waals surface area contributed by atoms with Crippen LogP contribution in [0.2, 0.25) is 0 Å². The molecule has 10 nitrogen and oxygen atoms in total. The number of nitrogens with one attached hydrogen (secondary N) is 1. The summed E-state index contributed by atoms with van der Waals surface area (Å²) >= 11 is 0. The predicted octanol–water partition coefficient (Wildman–Crippen LogP) is 1.50. The van der Waals surface area contributed by atoms with E-state index in [0.29, 0.717) is 13.1 Å². The van der Waals surface area contributed by atoms with Crippen molar-refractivity contribution in [1.82, 2.24) is 10.4 Å². The van der Waals surface area contributed by atoms with Crippen LogP contribution in [0.1, 0.15) is 36.5 Å². The Bertz CT molecular complexity index is 1450. The molecule has 0 aromatic heterocycles. The molecule has 3 aliphatic rings. The van der Waals surface area contributed by atoms with Crippen molar-refractivity contribution in [2.75, 3.05) is 13.1 Å². The van der Waals surface area contributed by atoms with Crippen LogP contribution in [0.5, 0.6) is 0 Å². The summed E-state index contributed by atoms with van der Waals surface area (Å²) < 4.78 is 5.58. The number of fused-ring (bicyclic) bond motifs is 1. The summed E-state index contributed by atoms with van der Waals surface area (Å²) in [6.45, 7) is 2.21. The molecule has 6 atom stereocenters. The summed E-state index contributed by atoms with van der Waals surface area (Å²) in [4.78, 5) is 49.5. The SMILES string of the molecule is CC(=O)O[C@@H]1C[C@@H](O)C[C@]2(C(N)=O)ON(Cc3cccc(C#Cc4ccccc4)c3)[C@H](C(=O)NC[C@H]3C=CC=NC3)C12. The Labute approximate surface area is 244 Å². The number of hydrogen-bond acceptors (Lipinski definition) is 8.